The summed E-state index contributed by atoms with van der Waals surface area (Å²) in [4.78, 5) is 0. The minimum Gasteiger partial charge on any atom is -0.319 e. The van der Waals surface area contributed by atoms with Gasteiger partial charge in [-0.05, 0) is 31.3 Å². The Morgan fingerprint density at radius 1 is 1.12 bits per heavy atom. The van der Waals surface area contributed by atoms with Crippen LogP contribution in [0.2, 0.25) is 0 Å². The fraction of sp³-hybridized carbons (Fsp3) is 0.429. The molecule has 0 aliphatic heterocycles. The van der Waals surface area contributed by atoms with Crippen LogP contribution in [0, 0.1) is 11.8 Å². The summed E-state index contributed by atoms with van der Waals surface area (Å²) in [6.45, 7) is 1.97. The van der Waals surface area contributed by atoms with Crippen molar-refractivity contribution < 1.29 is 4.57 Å². The molecule has 0 saturated heterocycles. The van der Waals surface area contributed by atoms with Crippen molar-refractivity contribution in [1.82, 2.24) is 0 Å². The molecule has 2 bridgehead atoms. The quantitative estimate of drug-likeness (QED) is 0.565. The van der Waals surface area contributed by atoms with Gasteiger partial charge in [0, 0.05) is 11.0 Å². The van der Waals surface area contributed by atoms with Crippen molar-refractivity contribution >= 4 is 12.4 Å². The van der Waals surface area contributed by atoms with Gasteiger partial charge in [0.1, 0.15) is 7.14 Å². The maximum Gasteiger partial charge on any atom is 0.116 e. The minimum atomic E-state index is -2.19. The van der Waals surface area contributed by atoms with E-state index in [2.05, 4.69) is 12.2 Å². The van der Waals surface area contributed by atoms with Gasteiger partial charge in [-0.3, -0.25) is 0 Å². The summed E-state index contributed by atoms with van der Waals surface area (Å²) in [5.41, 5.74) is 0.393. The predicted molar refractivity (Wildman–Crippen MR) is 68.7 cm³/mol. The number of allylic oxidation sites excluding steroid dienone is 2. The lowest BCUT2D eigenvalue weighted by molar-refractivity contribution is 0.561. The fourth-order valence-corrected chi connectivity index (χ4v) is 6.01. The molecule has 2 aliphatic carbocycles. The average Bonchev–Trinajstić information content (AvgIpc) is 2.92. The van der Waals surface area contributed by atoms with Gasteiger partial charge in [0.15, 0.2) is 0 Å². The van der Waals surface area contributed by atoms with Gasteiger partial charge >= 0.3 is 0 Å². The Bertz CT molecular complexity index is 463. The maximum absolute atomic E-state index is 13.0. The van der Waals surface area contributed by atoms with Crippen molar-refractivity contribution in [3.8, 4) is 0 Å². The molecule has 84 valence electrons. The van der Waals surface area contributed by atoms with E-state index < -0.39 is 7.14 Å². The normalized spacial score (nSPS) is 35.2. The topological polar surface area (TPSA) is 17.1 Å². The molecule has 1 saturated carbocycles. The highest BCUT2D eigenvalue weighted by Crippen LogP contribution is 2.58. The molecule has 3 rings (SSSR count). The Balaban J connectivity index is 1.95. The van der Waals surface area contributed by atoms with Crippen molar-refractivity contribution in [2.24, 2.45) is 11.8 Å². The van der Waals surface area contributed by atoms with Gasteiger partial charge in [0.25, 0.3) is 0 Å². The lowest BCUT2D eigenvalue weighted by Crippen LogP contribution is -2.20. The molecule has 1 aromatic carbocycles. The molecule has 1 fully saturated rings. The molecule has 0 aromatic heterocycles. The summed E-state index contributed by atoms with van der Waals surface area (Å²) >= 11 is 0. The van der Waals surface area contributed by atoms with Crippen LogP contribution >= 0.6 is 7.14 Å². The van der Waals surface area contributed by atoms with Gasteiger partial charge in [-0.1, -0.05) is 42.5 Å². The Labute approximate surface area is 96.9 Å². The van der Waals surface area contributed by atoms with E-state index in [9.17, 15) is 4.57 Å². The Kier molecular flexibility index (Phi) is 2.33. The number of benzene rings is 1. The first-order valence-corrected chi connectivity index (χ1v) is 8.21. The number of hydrogen-bond acceptors (Lipinski definition) is 1. The zero-order valence-electron chi connectivity index (χ0n) is 9.54. The monoisotopic (exact) mass is 232 g/mol. The molecule has 2 heteroatoms. The summed E-state index contributed by atoms with van der Waals surface area (Å²) in [6.07, 6.45) is 6.96. The van der Waals surface area contributed by atoms with E-state index in [0.717, 1.165) is 11.7 Å². The second-order valence-corrected chi connectivity index (χ2v) is 8.33. The zero-order valence-corrected chi connectivity index (χ0v) is 10.4. The second-order valence-electron chi connectivity index (χ2n) is 5.17. The Morgan fingerprint density at radius 2 is 1.88 bits per heavy atom. The van der Waals surface area contributed by atoms with Gasteiger partial charge < -0.3 is 4.57 Å². The average molecular weight is 232 g/mol. The first kappa shape index (κ1) is 10.4. The molecule has 1 unspecified atom stereocenters. The van der Waals surface area contributed by atoms with E-state index in [-0.39, 0.29) is 0 Å². The highest BCUT2D eigenvalue weighted by molar-refractivity contribution is 7.71. The highest BCUT2D eigenvalue weighted by atomic mass is 31.2. The van der Waals surface area contributed by atoms with E-state index in [1.54, 1.807) is 0 Å². The Hall–Kier alpha value is -0.810. The van der Waals surface area contributed by atoms with Crippen molar-refractivity contribution in [2.45, 2.75) is 18.5 Å². The third-order valence-electron chi connectivity index (χ3n) is 4.15. The third-order valence-corrected chi connectivity index (χ3v) is 7.33. The van der Waals surface area contributed by atoms with Crippen LogP contribution in [-0.2, 0) is 4.57 Å². The summed E-state index contributed by atoms with van der Waals surface area (Å²) in [7, 11) is -2.19. The molecular formula is C14H17OP. The summed E-state index contributed by atoms with van der Waals surface area (Å²) in [6, 6.07) is 10.0. The van der Waals surface area contributed by atoms with E-state index in [4.69, 9.17) is 0 Å². The number of hydrogen-bond donors (Lipinski definition) is 0. The van der Waals surface area contributed by atoms with E-state index in [0.29, 0.717) is 17.5 Å². The van der Waals surface area contributed by atoms with Crippen LogP contribution in [0.4, 0.5) is 0 Å². The van der Waals surface area contributed by atoms with Crippen LogP contribution in [0.5, 0.6) is 0 Å². The molecule has 1 aromatic rings. The molecular weight excluding hydrogens is 215 g/mol. The largest absolute Gasteiger partial charge is 0.319 e. The molecule has 0 amide bonds. The maximum atomic E-state index is 13.0. The molecule has 0 heterocycles. The zero-order chi connectivity index (χ0) is 11.2. The first-order chi connectivity index (χ1) is 7.68. The van der Waals surface area contributed by atoms with Crippen molar-refractivity contribution in [2.75, 3.05) is 6.66 Å². The smallest absolute Gasteiger partial charge is 0.116 e. The van der Waals surface area contributed by atoms with Crippen LogP contribution in [0.3, 0.4) is 0 Å². The van der Waals surface area contributed by atoms with Gasteiger partial charge in [0.2, 0.25) is 0 Å². The van der Waals surface area contributed by atoms with Crippen LogP contribution in [-0.4, -0.2) is 12.3 Å². The molecule has 1 nitrogen and oxygen atoms in total. The molecule has 0 N–H and O–H groups in total. The highest BCUT2D eigenvalue weighted by Gasteiger charge is 2.44. The first-order valence-electron chi connectivity index (χ1n) is 5.99. The lowest BCUT2D eigenvalue weighted by atomic mass is 10.1. The van der Waals surface area contributed by atoms with Crippen molar-refractivity contribution in [3.63, 3.8) is 0 Å². The van der Waals surface area contributed by atoms with E-state index in [1.807, 2.05) is 37.0 Å². The molecule has 4 atom stereocenters. The number of fused-ring (bicyclic) bond motifs is 2. The fourth-order valence-electron chi connectivity index (χ4n) is 3.23. The van der Waals surface area contributed by atoms with Crippen LogP contribution in [0.25, 0.3) is 0 Å². The van der Waals surface area contributed by atoms with Crippen LogP contribution < -0.4 is 5.30 Å². The van der Waals surface area contributed by atoms with E-state index >= 15 is 0 Å². The molecule has 0 spiro atoms. The Morgan fingerprint density at radius 3 is 2.44 bits per heavy atom. The summed E-state index contributed by atoms with van der Waals surface area (Å²) in [5, 5.41) is 1.06. The van der Waals surface area contributed by atoms with Crippen LogP contribution in [0.15, 0.2) is 42.5 Å². The van der Waals surface area contributed by atoms with Crippen molar-refractivity contribution in [1.29, 1.82) is 0 Å². The van der Waals surface area contributed by atoms with Crippen molar-refractivity contribution in [3.05, 3.63) is 42.5 Å². The molecule has 2 aliphatic rings. The summed E-state index contributed by atoms with van der Waals surface area (Å²) in [5.74, 6) is 1.27. The third kappa shape index (κ3) is 1.50. The van der Waals surface area contributed by atoms with E-state index in [1.165, 1.54) is 6.42 Å². The van der Waals surface area contributed by atoms with Gasteiger partial charge in [-0.15, -0.1) is 0 Å². The SMILES string of the molecule is CP(=O)(c1ccccc1)[C@H]1C[C@H]2C=C[C@@H]1C2. The molecule has 16 heavy (non-hydrogen) atoms. The second kappa shape index (κ2) is 3.60. The predicted octanol–water partition coefficient (Wildman–Crippen LogP) is 3.27. The standard InChI is InChI=1S/C14H17OP/c1-16(15,13-5-3-2-4-6-13)14-10-11-7-8-12(14)9-11/h2-8,11-12,14H,9-10H2,1H3/t11-,12+,14-,16?/m0/s1. The summed E-state index contributed by atoms with van der Waals surface area (Å²) < 4.78 is 13.0. The van der Waals surface area contributed by atoms with Gasteiger partial charge in [-0.2, -0.15) is 0 Å². The van der Waals surface area contributed by atoms with Crippen LogP contribution in [0.1, 0.15) is 12.8 Å². The minimum absolute atomic E-state index is 0.393. The lowest BCUT2D eigenvalue weighted by Gasteiger charge is -2.26. The number of rotatable bonds is 2. The molecule has 0 radical (unpaired) electrons. The van der Waals surface area contributed by atoms with Gasteiger partial charge in [0.05, 0.1) is 0 Å². The van der Waals surface area contributed by atoms with Gasteiger partial charge in [-0.25, -0.2) is 0 Å².